The van der Waals surface area contributed by atoms with Crippen molar-refractivity contribution in [2.24, 2.45) is 0 Å². The van der Waals surface area contributed by atoms with Crippen LogP contribution in [0.3, 0.4) is 0 Å². The summed E-state index contributed by atoms with van der Waals surface area (Å²) >= 11 is 1.56. The highest BCUT2D eigenvalue weighted by molar-refractivity contribution is 8.02. The van der Waals surface area contributed by atoms with Crippen LogP contribution in [0.15, 0.2) is 77.3 Å². The minimum Gasteiger partial charge on any atom is -0.496 e. The highest BCUT2D eigenvalue weighted by Gasteiger charge is 2.20. The van der Waals surface area contributed by atoms with E-state index in [0.29, 0.717) is 6.42 Å². The summed E-state index contributed by atoms with van der Waals surface area (Å²) in [7, 11) is 1.69. The van der Waals surface area contributed by atoms with Gasteiger partial charge in [-0.05, 0) is 28.5 Å². The van der Waals surface area contributed by atoms with E-state index in [1.165, 1.54) is 16.3 Å². The Hall–Kier alpha value is -3.25. The molecule has 0 bridgehead atoms. The maximum atomic E-state index is 5.51. The van der Waals surface area contributed by atoms with Crippen molar-refractivity contribution in [3.8, 4) is 5.75 Å². The number of methoxy groups -OCH3 is 1. The number of fused-ring (bicyclic) bond motifs is 2. The summed E-state index contributed by atoms with van der Waals surface area (Å²) in [5.41, 5.74) is 6.66. The first kappa shape index (κ1) is 16.9. The van der Waals surface area contributed by atoms with Crippen molar-refractivity contribution in [1.29, 1.82) is 0 Å². The Labute approximate surface area is 167 Å². The first-order valence-corrected chi connectivity index (χ1v) is 9.89. The molecule has 0 saturated heterocycles. The first-order valence-electron chi connectivity index (χ1n) is 9.01. The van der Waals surface area contributed by atoms with Crippen molar-refractivity contribution in [2.45, 2.75) is 11.6 Å². The maximum absolute atomic E-state index is 5.51. The zero-order valence-electron chi connectivity index (χ0n) is 15.3. The average Bonchev–Trinajstić information content (AvgIpc) is 3.16. The Morgan fingerprint density at radius 2 is 1.79 bits per heavy atom. The van der Waals surface area contributed by atoms with Gasteiger partial charge in [-0.15, -0.1) is 10.2 Å². The normalized spacial score (nSPS) is 13.0. The molecule has 3 aromatic carbocycles. The minimum atomic E-state index is 0.696. The molecule has 0 amide bonds. The second-order valence-corrected chi connectivity index (χ2v) is 7.35. The van der Waals surface area contributed by atoms with Crippen LogP contribution in [0.4, 0.5) is 0 Å². The smallest absolute Gasteiger partial charge is 0.214 e. The van der Waals surface area contributed by atoms with Gasteiger partial charge >= 0.3 is 0 Å². The van der Waals surface area contributed by atoms with E-state index < -0.39 is 0 Å². The summed E-state index contributed by atoms with van der Waals surface area (Å²) in [6.45, 7) is 0. The number of para-hydroxylation sites is 1. The SMILES string of the molecule is COc1ccccc1C1=CSc2nnc(Cc3cccc4ccccc34)n2N1. The van der Waals surface area contributed by atoms with Crippen molar-refractivity contribution in [3.63, 3.8) is 0 Å². The number of nitrogens with zero attached hydrogens (tertiary/aromatic N) is 3. The molecule has 0 atom stereocenters. The highest BCUT2D eigenvalue weighted by Crippen LogP contribution is 2.33. The van der Waals surface area contributed by atoms with Crippen LogP contribution in [0, 0.1) is 0 Å². The summed E-state index contributed by atoms with van der Waals surface area (Å²) in [6, 6.07) is 22.8. The minimum absolute atomic E-state index is 0.696. The van der Waals surface area contributed by atoms with Crippen LogP contribution in [0.1, 0.15) is 17.0 Å². The third kappa shape index (κ3) is 2.92. The van der Waals surface area contributed by atoms with Gasteiger partial charge in [-0.25, -0.2) is 4.68 Å². The molecule has 1 aliphatic rings. The maximum Gasteiger partial charge on any atom is 0.214 e. The van der Waals surface area contributed by atoms with Gasteiger partial charge in [0.25, 0.3) is 0 Å². The van der Waals surface area contributed by atoms with E-state index in [0.717, 1.165) is 28.0 Å². The van der Waals surface area contributed by atoms with Gasteiger partial charge in [0.05, 0.1) is 12.8 Å². The fraction of sp³-hybridized carbons (Fsp3) is 0.0909. The molecule has 5 rings (SSSR count). The molecule has 1 aromatic heterocycles. The van der Waals surface area contributed by atoms with Crippen molar-refractivity contribution >= 4 is 28.2 Å². The first-order chi connectivity index (χ1) is 13.8. The molecule has 6 heteroatoms. The van der Waals surface area contributed by atoms with Crippen LogP contribution in [0.25, 0.3) is 16.5 Å². The topological polar surface area (TPSA) is 52.0 Å². The standard InChI is InChI=1S/C22H18N4OS/c1-27-20-12-5-4-11-18(20)19-14-28-22-24-23-21(26(22)25-19)13-16-9-6-8-15-7-2-3-10-17(15)16/h2-12,14,25H,13H2,1H3. The fourth-order valence-corrected chi connectivity index (χ4v) is 4.22. The summed E-state index contributed by atoms with van der Waals surface area (Å²) < 4.78 is 7.48. The second kappa shape index (κ2) is 7.05. The number of benzene rings is 3. The molecule has 138 valence electrons. The summed E-state index contributed by atoms with van der Waals surface area (Å²) in [5.74, 6) is 1.70. The third-order valence-electron chi connectivity index (χ3n) is 4.84. The number of hydrogen-bond acceptors (Lipinski definition) is 5. The summed E-state index contributed by atoms with van der Waals surface area (Å²) in [6.07, 6.45) is 0.696. The second-order valence-electron chi connectivity index (χ2n) is 6.51. The Kier molecular flexibility index (Phi) is 4.25. The van der Waals surface area contributed by atoms with Crippen LogP contribution in [0.5, 0.6) is 5.75 Å². The monoisotopic (exact) mass is 386 g/mol. The van der Waals surface area contributed by atoms with Gasteiger partial charge in [-0.2, -0.15) is 0 Å². The predicted molar refractivity (Wildman–Crippen MR) is 113 cm³/mol. The number of aromatic nitrogens is 3. The zero-order valence-corrected chi connectivity index (χ0v) is 16.1. The number of hydrogen-bond donors (Lipinski definition) is 1. The molecule has 4 aromatic rings. The lowest BCUT2D eigenvalue weighted by molar-refractivity contribution is 0.413. The van der Waals surface area contributed by atoms with Gasteiger partial charge in [-0.1, -0.05) is 66.4 Å². The zero-order chi connectivity index (χ0) is 18.9. The Morgan fingerprint density at radius 1 is 0.964 bits per heavy atom. The molecule has 0 spiro atoms. The molecular weight excluding hydrogens is 368 g/mol. The highest BCUT2D eigenvalue weighted by atomic mass is 32.2. The Balaban J connectivity index is 1.49. The van der Waals surface area contributed by atoms with E-state index >= 15 is 0 Å². The van der Waals surface area contributed by atoms with Crippen molar-refractivity contribution in [3.05, 3.63) is 89.1 Å². The lowest BCUT2D eigenvalue weighted by Crippen LogP contribution is -2.20. The van der Waals surface area contributed by atoms with Crippen molar-refractivity contribution in [2.75, 3.05) is 12.5 Å². The largest absolute Gasteiger partial charge is 0.496 e. The van der Waals surface area contributed by atoms with Gasteiger partial charge in [0.2, 0.25) is 5.16 Å². The van der Waals surface area contributed by atoms with Gasteiger partial charge in [0, 0.05) is 17.4 Å². The molecule has 0 saturated carbocycles. The van der Waals surface area contributed by atoms with E-state index in [1.807, 2.05) is 34.3 Å². The molecule has 1 aliphatic heterocycles. The van der Waals surface area contributed by atoms with Crippen LogP contribution in [-0.2, 0) is 6.42 Å². The molecule has 2 heterocycles. The number of nitrogens with one attached hydrogen (secondary N) is 1. The lowest BCUT2D eigenvalue weighted by atomic mass is 10.0. The van der Waals surface area contributed by atoms with E-state index in [1.54, 1.807) is 18.9 Å². The Bertz CT molecular complexity index is 1190. The lowest BCUT2D eigenvalue weighted by Gasteiger charge is -2.20. The van der Waals surface area contributed by atoms with E-state index in [2.05, 4.69) is 58.1 Å². The number of rotatable bonds is 4. The van der Waals surface area contributed by atoms with Gasteiger partial charge in [0.1, 0.15) is 5.75 Å². The van der Waals surface area contributed by atoms with Crippen molar-refractivity contribution < 1.29 is 4.74 Å². The van der Waals surface area contributed by atoms with Crippen LogP contribution in [0.2, 0.25) is 0 Å². The van der Waals surface area contributed by atoms with Crippen LogP contribution in [-0.4, -0.2) is 22.0 Å². The number of ether oxygens (including phenoxy) is 1. The fourth-order valence-electron chi connectivity index (χ4n) is 3.47. The van der Waals surface area contributed by atoms with Crippen LogP contribution >= 0.6 is 11.8 Å². The van der Waals surface area contributed by atoms with E-state index in [9.17, 15) is 0 Å². The van der Waals surface area contributed by atoms with Crippen LogP contribution < -0.4 is 10.2 Å². The summed E-state index contributed by atoms with van der Waals surface area (Å²) in [4.78, 5) is 0. The van der Waals surface area contributed by atoms with Crippen molar-refractivity contribution in [1.82, 2.24) is 14.9 Å². The van der Waals surface area contributed by atoms with Gasteiger partial charge < -0.3 is 4.74 Å². The molecule has 0 fully saturated rings. The molecule has 0 radical (unpaired) electrons. The molecular formula is C22H18N4OS. The molecule has 0 unspecified atom stereocenters. The van der Waals surface area contributed by atoms with Gasteiger partial charge in [0.15, 0.2) is 5.82 Å². The molecule has 1 N–H and O–H groups in total. The van der Waals surface area contributed by atoms with E-state index in [4.69, 9.17) is 4.74 Å². The third-order valence-corrected chi connectivity index (χ3v) is 5.67. The molecule has 28 heavy (non-hydrogen) atoms. The molecule has 5 nitrogen and oxygen atoms in total. The quantitative estimate of drug-likeness (QED) is 0.552. The van der Waals surface area contributed by atoms with E-state index in [-0.39, 0.29) is 0 Å². The average molecular weight is 386 g/mol. The predicted octanol–water partition coefficient (Wildman–Crippen LogP) is 4.68. The summed E-state index contributed by atoms with van der Waals surface area (Å²) in [5, 5.41) is 14.1. The number of thioether (sulfide) groups is 1. The van der Waals surface area contributed by atoms with Gasteiger partial charge in [-0.3, -0.25) is 5.43 Å². The molecule has 0 aliphatic carbocycles. The Morgan fingerprint density at radius 3 is 2.71 bits per heavy atom.